The molecule has 1 amide bonds. The van der Waals surface area contributed by atoms with Crippen LogP contribution < -0.4 is 9.62 Å². The Bertz CT molecular complexity index is 1330. The van der Waals surface area contributed by atoms with E-state index in [1.165, 1.54) is 24.3 Å². The first kappa shape index (κ1) is 25.4. The Balaban J connectivity index is 2.04. The van der Waals surface area contributed by atoms with Crippen molar-refractivity contribution in [1.29, 1.82) is 0 Å². The van der Waals surface area contributed by atoms with Crippen LogP contribution in [0.4, 0.5) is 33.3 Å². The predicted molar refractivity (Wildman–Crippen MR) is 117 cm³/mol. The summed E-state index contributed by atoms with van der Waals surface area (Å²) in [5, 5.41) is 1.54. The molecule has 180 valence electrons. The number of carbonyl (C=O) groups is 1. The molecule has 0 heterocycles. The molecule has 0 aliphatic carbocycles. The Morgan fingerprint density at radius 1 is 0.971 bits per heavy atom. The number of alkyl halides is 3. The van der Waals surface area contributed by atoms with Crippen molar-refractivity contribution in [3.8, 4) is 0 Å². The molecule has 0 fully saturated rings. The number of aryl methyl sites for hydroxylation is 1. The summed E-state index contributed by atoms with van der Waals surface area (Å²) >= 11 is 5.64. The minimum Gasteiger partial charge on any atom is -0.324 e. The number of halogens is 6. The van der Waals surface area contributed by atoms with E-state index in [-0.39, 0.29) is 10.6 Å². The van der Waals surface area contributed by atoms with Crippen molar-refractivity contribution in [3.05, 3.63) is 88.4 Å². The smallest absolute Gasteiger partial charge is 0.324 e. The Morgan fingerprint density at radius 2 is 1.62 bits per heavy atom. The molecular weight excluding hydrogens is 503 g/mol. The molecule has 0 unspecified atom stereocenters. The Kier molecular flexibility index (Phi) is 7.18. The molecule has 1 N–H and O–H groups in total. The molecular formula is C22H16ClF5N2O3S. The quantitative estimate of drug-likeness (QED) is 0.421. The number of hydrogen-bond acceptors (Lipinski definition) is 3. The molecule has 0 atom stereocenters. The van der Waals surface area contributed by atoms with Crippen molar-refractivity contribution in [1.82, 2.24) is 0 Å². The van der Waals surface area contributed by atoms with E-state index in [1.807, 2.05) is 0 Å². The third-order valence-corrected chi connectivity index (χ3v) is 6.76. The summed E-state index contributed by atoms with van der Waals surface area (Å²) in [5.41, 5.74) is -1.22. The van der Waals surface area contributed by atoms with E-state index in [4.69, 9.17) is 11.6 Å². The fourth-order valence-corrected chi connectivity index (χ4v) is 4.58. The van der Waals surface area contributed by atoms with Crippen molar-refractivity contribution in [2.75, 3.05) is 16.2 Å². The van der Waals surface area contributed by atoms with Gasteiger partial charge >= 0.3 is 6.18 Å². The number of carbonyl (C=O) groups excluding carboxylic acids is 1. The van der Waals surface area contributed by atoms with Crippen LogP contribution in [0, 0.1) is 18.6 Å². The van der Waals surface area contributed by atoms with Gasteiger partial charge in [0.05, 0.1) is 21.2 Å². The predicted octanol–water partition coefficient (Wildman–Crippen LogP) is 5.78. The molecule has 34 heavy (non-hydrogen) atoms. The zero-order chi connectivity index (χ0) is 25.3. The van der Waals surface area contributed by atoms with E-state index in [9.17, 15) is 35.2 Å². The van der Waals surface area contributed by atoms with Crippen LogP contribution in [0.5, 0.6) is 0 Å². The van der Waals surface area contributed by atoms with Gasteiger partial charge in [-0.3, -0.25) is 9.10 Å². The van der Waals surface area contributed by atoms with Gasteiger partial charge in [-0.15, -0.1) is 0 Å². The number of nitrogens with one attached hydrogen (secondary N) is 1. The standard InChI is InChI=1S/C22H16ClF5N2O3S/c1-13-2-6-16(7-3-13)34(32,33)30(15-5-8-18(23)17(11-15)22(26,27)28)12-21(31)29-14-4-9-19(24)20(25)10-14/h2-11H,12H2,1H3,(H,29,31). The lowest BCUT2D eigenvalue weighted by atomic mass is 10.2. The molecule has 5 nitrogen and oxygen atoms in total. The van der Waals surface area contributed by atoms with Crippen LogP contribution in [0.15, 0.2) is 65.6 Å². The van der Waals surface area contributed by atoms with Crippen molar-refractivity contribution in [3.63, 3.8) is 0 Å². The lowest BCUT2D eigenvalue weighted by Crippen LogP contribution is -2.38. The highest BCUT2D eigenvalue weighted by Gasteiger charge is 2.35. The average molecular weight is 519 g/mol. The highest BCUT2D eigenvalue weighted by molar-refractivity contribution is 7.92. The summed E-state index contributed by atoms with van der Waals surface area (Å²) in [5.74, 6) is -3.43. The summed E-state index contributed by atoms with van der Waals surface area (Å²) in [6, 6.07) is 10.3. The summed E-state index contributed by atoms with van der Waals surface area (Å²) in [4.78, 5) is 12.3. The highest BCUT2D eigenvalue weighted by atomic mass is 35.5. The second-order valence-electron chi connectivity index (χ2n) is 7.16. The molecule has 0 saturated heterocycles. The Hall–Kier alpha value is -3.18. The van der Waals surface area contributed by atoms with E-state index >= 15 is 0 Å². The van der Waals surface area contributed by atoms with Crippen molar-refractivity contribution >= 4 is 38.9 Å². The first-order valence-electron chi connectivity index (χ1n) is 9.50. The van der Waals surface area contributed by atoms with E-state index in [2.05, 4.69) is 5.32 Å². The van der Waals surface area contributed by atoms with Gasteiger partial charge in [0.15, 0.2) is 11.6 Å². The molecule has 3 rings (SSSR count). The number of sulfonamides is 1. The maximum absolute atomic E-state index is 13.4. The summed E-state index contributed by atoms with van der Waals surface area (Å²) in [7, 11) is -4.52. The van der Waals surface area contributed by atoms with Crippen LogP contribution in [-0.2, 0) is 21.0 Å². The Morgan fingerprint density at radius 3 is 2.21 bits per heavy atom. The lowest BCUT2D eigenvalue weighted by molar-refractivity contribution is -0.137. The van der Waals surface area contributed by atoms with Crippen LogP contribution in [0.1, 0.15) is 11.1 Å². The first-order valence-corrected chi connectivity index (χ1v) is 11.3. The average Bonchev–Trinajstić information content (AvgIpc) is 2.74. The molecule has 0 aromatic heterocycles. The third-order valence-electron chi connectivity index (χ3n) is 4.64. The number of amides is 1. The van der Waals surface area contributed by atoms with Crippen molar-refractivity contribution < 1.29 is 35.2 Å². The van der Waals surface area contributed by atoms with Crippen LogP contribution in [0.2, 0.25) is 5.02 Å². The minimum atomic E-state index is -4.89. The van der Waals surface area contributed by atoms with Crippen LogP contribution >= 0.6 is 11.6 Å². The molecule has 3 aromatic carbocycles. The zero-order valence-electron chi connectivity index (χ0n) is 17.3. The number of rotatable bonds is 6. The van der Waals surface area contributed by atoms with E-state index in [0.717, 1.165) is 29.8 Å². The third kappa shape index (κ3) is 5.65. The molecule has 0 aliphatic heterocycles. The molecule has 12 heteroatoms. The number of anilines is 2. The minimum absolute atomic E-state index is 0.177. The monoisotopic (exact) mass is 518 g/mol. The van der Waals surface area contributed by atoms with Gasteiger partial charge in [0, 0.05) is 11.8 Å². The largest absolute Gasteiger partial charge is 0.417 e. The van der Waals surface area contributed by atoms with Gasteiger partial charge in [-0.05, 0) is 49.4 Å². The normalized spacial score (nSPS) is 11.9. The summed E-state index contributed by atoms with van der Waals surface area (Å²) < 4.78 is 93.8. The lowest BCUT2D eigenvalue weighted by Gasteiger charge is -2.25. The summed E-state index contributed by atoms with van der Waals surface area (Å²) in [6.07, 6.45) is -4.89. The van der Waals surface area contributed by atoms with Crippen LogP contribution in [0.25, 0.3) is 0 Å². The fraction of sp³-hybridized carbons (Fsp3) is 0.136. The van der Waals surface area contributed by atoms with Gasteiger partial charge in [0.25, 0.3) is 10.0 Å². The van der Waals surface area contributed by atoms with Crippen LogP contribution in [0.3, 0.4) is 0 Å². The van der Waals surface area contributed by atoms with Crippen LogP contribution in [-0.4, -0.2) is 20.9 Å². The maximum atomic E-state index is 13.4. The second kappa shape index (κ2) is 9.59. The van der Waals surface area contributed by atoms with Gasteiger partial charge in [-0.1, -0.05) is 29.3 Å². The molecule has 3 aromatic rings. The maximum Gasteiger partial charge on any atom is 0.417 e. The number of hydrogen-bond donors (Lipinski definition) is 1. The topological polar surface area (TPSA) is 66.5 Å². The number of benzene rings is 3. The van der Waals surface area contributed by atoms with Crippen molar-refractivity contribution in [2.45, 2.75) is 18.0 Å². The zero-order valence-corrected chi connectivity index (χ0v) is 18.9. The van der Waals surface area contributed by atoms with E-state index < -0.39 is 56.6 Å². The SMILES string of the molecule is Cc1ccc(S(=O)(=O)N(CC(=O)Nc2ccc(F)c(F)c2)c2ccc(Cl)c(C(F)(F)F)c2)cc1. The van der Waals surface area contributed by atoms with Gasteiger partial charge in [-0.2, -0.15) is 13.2 Å². The first-order chi connectivity index (χ1) is 15.8. The van der Waals surface area contributed by atoms with Gasteiger partial charge in [0.2, 0.25) is 5.91 Å². The van der Waals surface area contributed by atoms with Crippen molar-refractivity contribution in [2.24, 2.45) is 0 Å². The van der Waals surface area contributed by atoms with Gasteiger partial charge in [-0.25, -0.2) is 17.2 Å². The van der Waals surface area contributed by atoms with E-state index in [1.54, 1.807) is 6.92 Å². The highest BCUT2D eigenvalue weighted by Crippen LogP contribution is 2.38. The molecule has 0 bridgehead atoms. The second-order valence-corrected chi connectivity index (χ2v) is 9.43. The Labute approximate surface area is 196 Å². The summed E-state index contributed by atoms with van der Waals surface area (Å²) in [6.45, 7) is 0.742. The molecule has 0 aliphatic rings. The fourth-order valence-electron chi connectivity index (χ4n) is 2.94. The van der Waals surface area contributed by atoms with Gasteiger partial charge in [0.1, 0.15) is 6.54 Å². The number of nitrogens with zero attached hydrogens (tertiary/aromatic N) is 1. The van der Waals surface area contributed by atoms with E-state index in [0.29, 0.717) is 16.4 Å². The molecule has 0 saturated carbocycles. The van der Waals surface area contributed by atoms with Gasteiger partial charge < -0.3 is 5.32 Å². The molecule has 0 spiro atoms. The molecule has 0 radical (unpaired) electrons.